The van der Waals surface area contributed by atoms with Crippen LogP contribution in [0.3, 0.4) is 0 Å². The summed E-state index contributed by atoms with van der Waals surface area (Å²) in [7, 11) is 0. The Balaban J connectivity index is 1.82. The lowest BCUT2D eigenvalue weighted by atomic mass is 10.0. The van der Waals surface area contributed by atoms with Crippen LogP contribution in [0.1, 0.15) is 21.7 Å². The molecule has 3 aromatic rings. The van der Waals surface area contributed by atoms with Gasteiger partial charge in [0.2, 0.25) is 0 Å². The molecule has 0 atom stereocenters. The van der Waals surface area contributed by atoms with E-state index in [9.17, 15) is 4.79 Å². The van der Waals surface area contributed by atoms with E-state index < -0.39 is 5.97 Å². The minimum absolute atomic E-state index is 0.0481. The average Bonchev–Trinajstić information content (AvgIpc) is 2.97. The molecule has 0 amide bonds. The molecule has 7 heteroatoms. The molecular formula is C14H11N5O2. The number of carboxylic acids is 1. The zero-order chi connectivity index (χ0) is 14.7. The van der Waals surface area contributed by atoms with E-state index in [1.165, 1.54) is 0 Å². The smallest absolute Gasteiger partial charge is 0.358 e. The fourth-order valence-electron chi connectivity index (χ4n) is 1.99. The van der Waals surface area contributed by atoms with Gasteiger partial charge in [0, 0.05) is 24.4 Å². The van der Waals surface area contributed by atoms with E-state index in [4.69, 9.17) is 5.11 Å². The summed E-state index contributed by atoms with van der Waals surface area (Å²) < 4.78 is 0. The number of aromatic amines is 1. The molecule has 0 aliphatic heterocycles. The number of nitrogens with one attached hydrogen (secondary N) is 1. The first-order chi connectivity index (χ1) is 10.2. The van der Waals surface area contributed by atoms with Gasteiger partial charge in [0.1, 0.15) is 0 Å². The molecule has 2 aromatic heterocycles. The first-order valence-electron chi connectivity index (χ1n) is 6.22. The first-order valence-corrected chi connectivity index (χ1v) is 6.22. The Morgan fingerprint density at radius 1 is 1.19 bits per heavy atom. The van der Waals surface area contributed by atoms with Crippen LogP contribution in [0.5, 0.6) is 0 Å². The second kappa shape index (κ2) is 5.49. The average molecular weight is 281 g/mol. The van der Waals surface area contributed by atoms with Crippen LogP contribution in [0.25, 0.3) is 11.3 Å². The fraction of sp³-hybridized carbons (Fsp3) is 0.0714. The van der Waals surface area contributed by atoms with Crippen molar-refractivity contribution in [2.24, 2.45) is 0 Å². The van der Waals surface area contributed by atoms with Crippen molar-refractivity contribution in [2.75, 3.05) is 0 Å². The van der Waals surface area contributed by atoms with Gasteiger partial charge >= 0.3 is 5.97 Å². The van der Waals surface area contributed by atoms with Gasteiger partial charge in [-0.2, -0.15) is 0 Å². The summed E-state index contributed by atoms with van der Waals surface area (Å²) in [6, 6.07) is 7.67. The zero-order valence-corrected chi connectivity index (χ0v) is 10.9. The molecule has 0 aliphatic carbocycles. The molecule has 0 aliphatic rings. The Labute approximate surface area is 119 Å². The van der Waals surface area contributed by atoms with E-state index in [2.05, 4.69) is 25.4 Å². The molecule has 0 unspecified atom stereocenters. The Kier molecular flexibility index (Phi) is 3.38. The van der Waals surface area contributed by atoms with Crippen molar-refractivity contribution in [2.45, 2.75) is 6.42 Å². The third-order valence-electron chi connectivity index (χ3n) is 3.02. The number of aromatic carboxylic acids is 1. The van der Waals surface area contributed by atoms with Crippen molar-refractivity contribution in [3.05, 3.63) is 59.8 Å². The Bertz CT molecular complexity index is 753. The Hall–Kier alpha value is -3.09. The first kappa shape index (κ1) is 12.9. The molecule has 2 heterocycles. The van der Waals surface area contributed by atoms with Gasteiger partial charge < -0.3 is 5.11 Å². The summed E-state index contributed by atoms with van der Waals surface area (Å²) in [6.07, 6.45) is 5.38. The molecular weight excluding hydrogens is 270 g/mol. The number of H-pyrrole nitrogens is 1. The minimum atomic E-state index is -1.09. The van der Waals surface area contributed by atoms with Gasteiger partial charge in [-0.3, -0.25) is 15.1 Å². The van der Waals surface area contributed by atoms with Gasteiger partial charge in [-0.15, -0.1) is 5.10 Å². The number of aromatic nitrogens is 5. The Morgan fingerprint density at radius 2 is 2.00 bits per heavy atom. The zero-order valence-electron chi connectivity index (χ0n) is 10.9. The number of benzene rings is 1. The summed E-state index contributed by atoms with van der Waals surface area (Å²) in [5, 5.41) is 18.7. The molecule has 0 spiro atoms. The van der Waals surface area contributed by atoms with Crippen LogP contribution in [0, 0.1) is 0 Å². The van der Waals surface area contributed by atoms with Crippen LogP contribution in [0.4, 0.5) is 0 Å². The molecule has 0 bridgehead atoms. The summed E-state index contributed by atoms with van der Waals surface area (Å²) in [6.45, 7) is 0. The van der Waals surface area contributed by atoms with Crippen molar-refractivity contribution in [3.8, 4) is 11.3 Å². The highest BCUT2D eigenvalue weighted by Crippen LogP contribution is 2.18. The molecule has 21 heavy (non-hydrogen) atoms. The maximum absolute atomic E-state index is 11.0. The van der Waals surface area contributed by atoms with E-state index in [-0.39, 0.29) is 5.69 Å². The summed E-state index contributed by atoms with van der Waals surface area (Å²) in [4.78, 5) is 19.2. The highest BCUT2D eigenvalue weighted by atomic mass is 16.4. The summed E-state index contributed by atoms with van der Waals surface area (Å²) in [5.41, 5.74) is 3.13. The summed E-state index contributed by atoms with van der Waals surface area (Å²) >= 11 is 0. The van der Waals surface area contributed by atoms with Crippen molar-refractivity contribution >= 4 is 5.97 Å². The van der Waals surface area contributed by atoms with Crippen molar-refractivity contribution in [1.29, 1.82) is 0 Å². The number of carbonyl (C=O) groups is 1. The van der Waals surface area contributed by atoms with Gasteiger partial charge in [0.15, 0.2) is 5.69 Å². The third-order valence-corrected chi connectivity index (χ3v) is 3.02. The lowest BCUT2D eigenvalue weighted by Gasteiger charge is -2.03. The lowest BCUT2D eigenvalue weighted by Crippen LogP contribution is -2.02. The maximum Gasteiger partial charge on any atom is 0.358 e. The number of hydrogen-bond donors (Lipinski definition) is 2. The van der Waals surface area contributed by atoms with Gasteiger partial charge in [0.05, 0.1) is 17.6 Å². The lowest BCUT2D eigenvalue weighted by molar-refractivity contribution is 0.0689. The third kappa shape index (κ3) is 2.76. The molecule has 2 N–H and O–H groups in total. The van der Waals surface area contributed by atoms with Crippen molar-refractivity contribution in [3.63, 3.8) is 0 Å². The van der Waals surface area contributed by atoms with Crippen LogP contribution in [0.15, 0.2) is 42.9 Å². The largest absolute Gasteiger partial charge is 0.476 e. The van der Waals surface area contributed by atoms with E-state index in [0.717, 1.165) is 16.8 Å². The Morgan fingerprint density at radius 3 is 2.67 bits per heavy atom. The second-order valence-corrected chi connectivity index (χ2v) is 4.41. The monoisotopic (exact) mass is 281 g/mol. The number of carboxylic acid groups (broad SMARTS) is 1. The van der Waals surface area contributed by atoms with E-state index in [1.807, 2.05) is 24.3 Å². The molecule has 7 nitrogen and oxygen atoms in total. The number of nitrogens with zero attached hydrogens (tertiary/aromatic N) is 4. The van der Waals surface area contributed by atoms with Gasteiger partial charge in [-0.25, -0.2) is 4.79 Å². The highest BCUT2D eigenvalue weighted by Gasteiger charge is 2.14. The van der Waals surface area contributed by atoms with Crippen LogP contribution in [0.2, 0.25) is 0 Å². The molecule has 0 saturated carbocycles. The molecule has 0 radical (unpaired) electrons. The fourth-order valence-corrected chi connectivity index (χ4v) is 1.99. The normalized spacial score (nSPS) is 10.5. The molecule has 104 valence electrons. The molecule has 0 fully saturated rings. The second-order valence-electron chi connectivity index (χ2n) is 4.41. The molecule has 0 saturated heterocycles. The summed E-state index contributed by atoms with van der Waals surface area (Å²) in [5.74, 6) is -1.09. The predicted octanol–water partition coefficient (Wildman–Crippen LogP) is 1.55. The minimum Gasteiger partial charge on any atom is -0.476 e. The van der Waals surface area contributed by atoms with Crippen LogP contribution < -0.4 is 0 Å². The quantitative estimate of drug-likeness (QED) is 0.751. The van der Waals surface area contributed by atoms with Gasteiger partial charge in [-0.05, 0) is 5.56 Å². The number of hydrogen-bond acceptors (Lipinski definition) is 5. The van der Waals surface area contributed by atoms with E-state index in [1.54, 1.807) is 18.6 Å². The molecule has 3 rings (SSSR count). The topological polar surface area (TPSA) is 105 Å². The highest BCUT2D eigenvalue weighted by molar-refractivity contribution is 5.86. The number of rotatable bonds is 4. The SMILES string of the molecule is O=C(O)c1nn[nH]c1Cc1ccc(-c2cnccn2)cc1. The van der Waals surface area contributed by atoms with E-state index in [0.29, 0.717) is 12.1 Å². The maximum atomic E-state index is 11.0. The van der Waals surface area contributed by atoms with Gasteiger partial charge in [-0.1, -0.05) is 29.5 Å². The van der Waals surface area contributed by atoms with Crippen LogP contribution >= 0.6 is 0 Å². The van der Waals surface area contributed by atoms with Crippen LogP contribution in [-0.2, 0) is 6.42 Å². The predicted molar refractivity (Wildman–Crippen MR) is 73.6 cm³/mol. The van der Waals surface area contributed by atoms with Crippen LogP contribution in [-0.4, -0.2) is 36.5 Å². The standard InChI is InChI=1S/C14H11N5O2/c20-14(21)13-11(17-19-18-13)7-9-1-3-10(4-2-9)12-8-15-5-6-16-12/h1-6,8H,7H2,(H,20,21)(H,17,18,19). The molecule has 1 aromatic carbocycles. The van der Waals surface area contributed by atoms with Crippen molar-refractivity contribution in [1.82, 2.24) is 25.4 Å². The van der Waals surface area contributed by atoms with E-state index >= 15 is 0 Å². The van der Waals surface area contributed by atoms with Gasteiger partial charge in [0.25, 0.3) is 0 Å². The van der Waals surface area contributed by atoms with Crippen molar-refractivity contribution < 1.29 is 9.90 Å².